The molecule has 1 aromatic rings. The molecule has 19 heavy (non-hydrogen) atoms. The van der Waals surface area contributed by atoms with E-state index >= 15 is 0 Å². The van der Waals surface area contributed by atoms with E-state index in [-0.39, 0.29) is 18.2 Å². The summed E-state index contributed by atoms with van der Waals surface area (Å²) in [5.74, 6) is 0.140. The van der Waals surface area contributed by atoms with Crippen molar-refractivity contribution in [1.29, 1.82) is 0 Å². The molecule has 0 spiro atoms. The number of carbonyl (C=O) groups excluding carboxylic acids is 1. The van der Waals surface area contributed by atoms with Gasteiger partial charge in [-0.3, -0.25) is 4.79 Å². The average Bonchev–Trinajstić information content (AvgIpc) is 2.39. The molecule has 0 fully saturated rings. The van der Waals surface area contributed by atoms with Gasteiger partial charge >= 0.3 is 6.61 Å². The number of benzene rings is 1. The molecular weight excluding hydrogens is 254 g/mol. The molecular formula is C13H18F2N2O2. The molecule has 0 heterocycles. The molecule has 1 N–H and O–H groups in total. The highest BCUT2D eigenvalue weighted by Gasteiger charge is 2.06. The second-order valence-corrected chi connectivity index (χ2v) is 4.03. The molecule has 0 aromatic heterocycles. The van der Waals surface area contributed by atoms with Crippen molar-refractivity contribution in [3.63, 3.8) is 0 Å². The molecule has 0 saturated heterocycles. The summed E-state index contributed by atoms with van der Waals surface area (Å²) >= 11 is 0. The zero-order chi connectivity index (χ0) is 14.3. The Kier molecular flexibility index (Phi) is 6.21. The Labute approximate surface area is 111 Å². The molecule has 0 atom stereocenters. The molecule has 1 rings (SSSR count). The van der Waals surface area contributed by atoms with Crippen LogP contribution in [0.25, 0.3) is 0 Å². The van der Waals surface area contributed by atoms with Crippen LogP contribution in [0.2, 0.25) is 0 Å². The summed E-state index contributed by atoms with van der Waals surface area (Å²) in [6.45, 7) is 0.503. The summed E-state index contributed by atoms with van der Waals surface area (Å²) in [5.41, 5.74) is 0.897. The lowest BCUT2D eigenvalue weighted by molar-refractivity contribution is -0.128. The number of nitrogens with zero attached hydrogens (tertiary/aromatic N) is 1. The number of alkyl halides is 2. The summed E-state index contributed by atoms with van der Waals surface area (Å²) in [5, 5.41) is 3.00. The fraction of sp³-hybridized carbons (Fsp3) is 0.462. The lowest BCUT2D eigenvalue weighted by atomic mass is 10.2. The van der Waals surface area contributed by atoms with Crippen LogP contribution >= 0.6 is 0 Å². The number of amides is 1. The summed E-state index contributed by atoms with van der Waals surface area (Å²) in [6.07, 6.45) is 0. The monoisotopic (exact) mass is 272 g/mol. The topological polar surface area (TPSA) is 41.6 Å². The largest absolute Gasteiger partial charge is 0.435 e. The zero-order valence-corrected chi connectivity index (χ0v) is 11.0. The maximum absolute atomic E-state index is 11.9. The highest BCUT2D eigenvalue weighted by Crippen LogP contribution is 2.14. The Morgan fingerprint density at radius 1 is 1.37 bits per heavy atom. The minimum Gasteiger partial charge on any atom is -0.435 e. The summed E-state index contributed by atoms with van der Waals surface area (Å²) in [7, 11) is 1.74. The van der Waals surface area contributed by atoms with Crippen molar-refractivity contribution in [2.75, 3.05) is 20.1 Å². The van der Waals surface area contributed by atoms with E-state index < -0.39 is 6.61 Å². The van der Waals surface area contributed by atoms with Gasteiger partial charge in [0.2, 0.25) is 5.91 Å². The lowest BCUT2D eigenvalue weighted by Crippen LogP contribution is -2.35. The van der Waals surface area contributed by atoms with Crippen LogP contribution in [0.15, 0.2) is 24.3 Å². The third kappa shape index (κ3) is 5.65. The molecule has 106 valence electrons. The SMILES string of the molecule is CCN(C)C(=O)CNCc1ccc(OC(F)F)cc1. The smallest absolute Gasteiger partial charge is 0.387 e. The van der Waals surface area contributed by atoms with Crippen molar-refractivity contribution in [2.45, 2.75) is 20.1 Å². The van der Waals surface area contributed by atoms with Gasteiger partial charge in [0.15, 0.2) is 0 Å². The first kappa shape index (κ1) is 15.4. The molecule has 0 radical (unpaired) electrons. The number of nitrogens with one attached hydrogen (secondary N) is 1. The van der Waals surface area contributed by atoms with Gasteiger partial charge < -0.3 is 15.0 Å². The molecule has 0 aliphatic rings. The normalized spacial score (nSPS) is 10.6. The van der Waals surface area contributed by atoms with Gasteiger partial charge in [-0.25, -0.2) is 0 Å². The Hall–Kier alpha value is -1.69. The van der Waals surface area contributed by atoms with E-state index in [0.717, 1.165) is 5.56 Å². The van der Waals surface area contributed by atoms with Crippen molar-refractivity contribution in [1.82, 2.24) is 10.2 Å². The Morgan fingerprint density at radius 2 is 2.00 bits per heavy atom. The fourth-order valence-electron chi connectivity index (χ4n) is 1.41. The minimum absolute atomic E-state index is 0.0140. The maximum Gasteiger partial charge on any atom is 0.387 e. The van der Waals surface area contributed by atoms with Gasteiger partial charge in [-0.15, -0.1) is 0 Å². The van der Waals surface area contributed by atoms with Gasteiger partial charge in [0, 0.05) is 20.1 Å². The van der Waals surface area contributed by atoms with Gasteiger partial charge in [-0.1, -0.05) is 12.1 Å². The average molecular weight is 272 g/mol. The number of halogens is 2. The Morgan fingerprint density at radius 3 is 2.53 bits per heavy atom. The molecule has 0 bridgehead atoms. The highest BCUT2D eigenvalue weighted by atomic mass is 19.3. The zero-order valence-electron chi connectivity index (χ0n) is 11.0. The van der Waals surface area contributed by atoms with Crippen molar-refractivity contribution in [2.24, 2.45) is 0 Å². The van der Waals surface area contributed by atoms with Crippen molar-refractivity contribution in [3.8, 4) is 5.75 Å². The molecule has 0 saturated carbocycles. The second-order valence-electron chi connectivity index (χ2n) is 4.03. The van der Waals surface area contributed by atoms with Gasteiger partial charge in [0.05, 0.1) is 6.54 Å². The van der Waals surface area contributed by atoms with E-state index in [4.69, 9.17) is 0 Å². The number of ether oxygens (including phenoxy) is 1. The van der Waals surface area contributed by atoms with E-state index in [1.54, 1.807) is 24.1 Å². The van der Waals surface area contributed by atoms with E-state index in [9.17, 15) is 13.6 Å². The van der Waals surface area contributed by atoms with Crippen LogP contribution in [0.4, 0.5) is 8.78 Å². The first-order chi connectivity index (χ1) is 9.02. The number of rotatable bonds is 7. The van der Waals surface area contributed by atoms with Crippen LogP contribution in [0.1, 0.15) is 12.5 Å². The second kappa shape index (κ2) is 7.68. The molecule has 1 aromatic carbocycles. The van der Waals surface area contributed by atoms with Crippen LogP contribution in [0, 0.1) is 0 Å². The van der Waals surface area contributed by atoms with E-state index in [1.165, 1.54) is 12.1 Å². The molecule has 0 aliphatic carbocycles. The molecule has 6 heteroatoms. The summed E-state index contributed by atoms with van der Waals surface area (Å²) < 4.78 is 28.1. The van der Waals surface area contributed by atoms with E-state index in [1.807, 2.05) is 6.92 Å². The van der Waals surface area contributed by atoms with E-state index in [0.29, 0.717) is 13.1 Å². The predicted octanol–water partition coefficient (Wildman–Crippen LogP) is 1.86. The van der Waals surface area contributed by atoms with Crippen LogP contribution in [0.5, 0.6) is 5.75 Å². The molecule has 0 unspecified atom stereocenters. The standard InChI is InChI=1S/C13H18F2N2O2/c1-3-17(2)12(18)9-16-8-10-4-6-11(7-5-10)19-13(14)15/h4-7,13,16H,3,8-9H2,1-2H3. The van der Waals surface area contributed by atoms with Gasteiger partial charge in [-0.05, 0) is 24.6 Å². The van der Waals surface area contributed by atoms with Crippen LogP contribution in [-0.2, 0) is 11.3 Å². The predicted molar refractivity (Wildman–Crippen MR) is 68.1 cm³/mol. The van der Waals surface area contributed by atoms with Crippen LogP contribution < -0.4 is 10.1 Å². The Bertz CT molecular complexity index is 396. The maximum atomic E-state index is 11.9. The van der Waals surface area contributed by atoms with Gasteiger partial charge in [0.25, 0.3) is 0 Å². The van der Waals surface area contributed by atoms with Crippen molar-refractivity contribution < 1.29 is 18.3 Å². The third-order valence-electron chi connectivity index (χ3n) is 2.65. The first-order valence-corrected chi connectivity index (χ1v) is 6.01. The summed E-state index contributed by atoms with van der Waals surface area (Å²) in [6, 6.07) is 6.31. The first-order valence-electron chi connectivity index (χ1n) is 6.01. The Balaban J connectivity index is 2.36. The van der Waals surface area contributed by atoms with E-state index in [2.05, 4.69) is 10.1 Å². The highest BCUT2D eigenvalue weighted by molar-refractivity contribution is 5.77. The van der Waals surface area contributed by atoms with Crippen LogP contribution in [0.3, 0.4) is 0 Å². The quantitative estimate of drug-likeness (QED) is 0.823. The number of hydrogen-bond donors (Lipinski definition) is 1. The number of likely N-dealkylation sites (N-methyl/N-ethyl adjacent to an activating group) is 1. The molecule has 4 nitrogen and oxygen atoms in total. The van der Waals surface area contributed by atoms with Gasteiger partial charge in [-0.2, -0.15) is 8.78 Å². The van der Waals surface area contributed by atoms with Gasteiger partial charge in [0.1, 0.15) is 5.75 Å². The molecule has 0 aliphatic heterocycles. The lowest BCUT2D eigenvalue weighted by Gasteiger charge is -2.14. The fourth-order valence-corrected chi connectivity index (χ4v) is 1.41. The summed E-state index contributed by atoms with van der Waals surface area (Å²) in [4.78, 5) is 13.1. The van der Waals surface area contributed by atoms with Crippen LogP contribution in [-0.4, -0.2) is 37.6 Å². The number of carbonyl (C=O) groups is 1. The van der Waals surface area contributed by atoms with Crippen molar-refractivity contribution in [3.05, 3.63) is 29.8 Å². The number of hydrogen-bond acceptors (Lipinski definition) is 3. The molecule has 1 amide bonds. The van der Waals surface area contributed by atoms with Crippen molar-refractivity contribution >= 4 is 5.91 Å². The minimum atomic E-state index is -2.81. The third-order valence-corrected chi connectivity index (χ3v) is 2.65.